The van der Waals surface area contributed by atoms with Crippen LogP contribution in [0.3, 0.4) is 0 Å². The van der Waals surface area contributed by atoms with Gasteiger partial charge in [-0.2, -0.15) is 0 Å². The molecule has 0 radical (unpaired) electrons. The summed E-state index contributed by atoms with van der Waals surface area (Å²) in [6.45, 7) is -1.31. The zero-order chi connectivity index (χ0) is 30.5. The molecule has 3 aromatic rings. The summed E-state index contributed by atoms with van der Waals surface area (Å²) >= 11 is 0. The summed E-state index contributed by atoms with van der Waals surface area (Å²) in [5.41, 5.74) is -1.32. The lowest BCUT2D eigenvalue weighted by Gasteiger charge is -2.44. The van der Waals surface area contributed by atoms with E-state index < -0.39 is 108 Å². The summed E-state index contributed by atoms with van der Waals surface area (Å²) in [7, 11) is 0. The molecule has 0 spiro atoms. The van der Waals surface area contributed by atoms with E-state index in [4.69, 9.17) is 23.4 Å². The van der Waals surface area contributed by atoms with Crippen LogP contribution in [0, 0.1) is 0 Å². The second kappa shape index (κ2) is 11.5. The number of hydrogen-bond acceptors (Lipinski definition) is 16. The van der Waals surface area contributed by atoms with Gasteiger partial charge in [-0.1, -0.05) is 0 Å². The predicted octanol–water partition coefficient (Wildman–Crippen LogP) is -2.08. The lowest BCUT2D eigenvalue weighted by Crippen LogP contribution is -2.63. The van der Waals surface area contributed by atoms with Crippen LogP contribution in [0.2, 0.25) is 0 Å². The van der Waals surface area contributed by atoms with Gasteiger partial charge in [-0.3, -0.25) is 4.79 Å². The first kappa shape index (κ1) is 29.8. The summed E-state index contributed by atoms with van der Waals surface area (Å²) in [5.74, 6) is -3.28. The highest BCUT2D eigenvalue weighted by molar-refractivity contribution is 5.88. The minimum absolute atomic E-state index is 0.0232. The van der Waals surface area contributed by atoms with Crippen LogP contribution in [0.1, 0.15) is 0 Å². The molecule has 0 saturated carbocycles. The van der Waals surface area contributed by atoms with E-state index in [9.17, 15) is 55.9 Å². The van der Waals surface area contributed by atoms with Crippen molar-refractivity contribution in [3.63, 3.8) is 0 Å². The highest BCUT2D eigenvalue weighted by atomic mass is 16.8. The Kier molecular flexibility index (Phi) is 8.17. The van der Waals surface area contributed by atoms with Gasteiger partial charge in [0.1, 0.15) is 59.1 Å². The van der Waals surface area contributed by atoms with Crippen LogP contribution >= 0.6 is 0 Å². The van der Waals surface area contributed by atoms with Crippen LogP contribution in [0.5, 0.6) is 28.7 Å². The molecule has 3 heterocycles. The van der Waals surface area contributed by atoms with Gasteiger partial charge in [-0.05, 0) is 18.2 Å². The topological polar surface area (TPSA) is 269 Å². The number of phenols is 4. The average molecular weight is 596 g/mol. The Balaban J connectivity index is 1.58. The van der Waals surface area contributed by atoms with Crippen LogP contribution in [0.15, 0.2) is 39.5 Å². The number of aliphatic hydroxyl groups excluding tert-OH is 6. The van der Waals surface area contributed by atoms with Crippen molar-refractivity contribution in [3.8, 4) is 40.1 Å². The predicted molar refractivity (Wildman–Crippen MR) is 136 cm³/mol. The number of benzene rings is 2. The van der Waals surface area contributed by atoms with Gasteiger partial charge in [0.05, 0.1) is 13.2 Å². The molecule has 0 amide bonds. The summed E-state index contributed by atoms with van der Waals surface area (Å²) < 4.78 is 28.0. The third-order valence-corrected chi connectivity index (χ3v) is 6.96. The highest BCUT2D eigenvalue weighted by Gasteiger charge is 2.49. The molecule has 16 nitrogen and oxygen atoms in total. The van der Waals surface area contributed by atoms with Crippen molar-refractivity contribution in [2.24, 2.45) is 0 Å². The molecule has 2 aliphatic rings. The Morgan fingerprint density at radius 3 is 2.26 bits per heavy atom. The van der Waals surface area contributed by atoms with E-state index in [-0.39, 0.29) is 16.9 Å². The maximum absolute atomic E-state index is 13.6. The minimum atomic E-state index is -1.90. The van der Waals surface area contributed by atoms with Crippen molar-refractivity contribution in [2.75, 3.05) is 13.2 Å². The number of ether oxygens (including phenoxy) is 4. The first-order valence-electron chi connectivity index (χ1n) is 12.6. The van der Waals surface area contributed by atoms with Gasteiger partial charge < -0.3 is 74.4 Å². The van der Waals surface area contributed by atoms with Crippen LogP contribution in [0.4, 0.5) is 0 Å². The molecule has 2 aromatic carbocycles. The van der Waals surface area contributed by atoms with Gasteiger partial charge in [-0.25, -0.2) is 0 Å². The molecule has 0 aliphatic carbocycles. The normalized spacial score (nSPS) is 31.7. The van der Waals surface area contributed by atoms with Gasteiger partial charge in [0, 0.05) is 17.7 Å². The van der Waals surface area contributed by atoms with Crippen molar-refractivity contribution < 1.29 is 74.4 Å². The Morgan fingerprint density at radius 1 is 0.833 bits per heavy atom. The molecule has 16 heteroatoms. The third-order valence-electron chi connectivity index (χ3n) is 6.96. The average Bonchev–Trinajstić information content (AvgIpc) is 2.94. The van der Waals surface area contributed by atoms with Crippen molar-refractivity contribution in [3.05, 3.63) is 40.6 Å². The molecule has 5 rings (SSSR count). The maximum atomic E-state index is 13.6. The smallest absolute Gasteiger partial charge is 0.239 e. The standard InChI is InChI=1S/C26H28O16/c27-6-15-18(34)20(36)21(37)25(40-15)42-24-17(33)13(32)7-38-26(24)41-23-19(35)16-12(31)4-9(28)5-14(16)39-22(23)8-1-2-10(29)11(30)3-8/h1-5,13,15,17-18,20-21,24-34,36-37H,6-7H2/t13-,15-,17-,18-,20+,21-,24-,25+,26-/m1/s1. The molecular weight excluding hydrogens is 568 g/mol. The van der Waals surface area contributed by atoms with Crippen LogP contribution in [-0.2, 0) is 14.2 Å². The fraction of sp³-hybridized carbons (Fsp3) is 0.423. The summed E-state index contributed by atoms with van der Waals surface area (Å²) in [5, 5.41) is 101. The Morgan fingerprint density at radius 2 is 1.57 bits per heavy atom. The fourth-order valence-corrected chi connectivity index (χ4v) is 4.69. The molecular formula is C26H28O16. The van der Waals surface area contributed by atoms with Gasteiger partial charge in [-0.15, -0.1) is 0 Å². The van der Waals surface area contributed by atoms with Crippen molar-refractivity contribution >= 4 is 11.0 Å². The third kappa shape index (κ3) is 5.31. The molecule has 0 bridgehead atoms. The largest absolute Gasteiger partial charge is 0.508 e. The van der Waals surface area contributed by atoms with Crippen molar-refractivity contribution in [2.45, 2.75) is 55.3 Å². The molecule has 2 fully saturated rings. The van der Waals surface area contributed by atoms with Gasteiger partial charge in [0.25, 0.3) is 0 Å². The van der Waals surface area contributed by atoms with E-state index in [0.717, 1.165) is 24.3 Å². The summed E-state index contributed by atoms with van der Waals surface area (Å²) in [6, 6.07) is 5.26. The SMILES string of the molecule is O=c1c(O[C@H]2OC[C@@H](O)[C@@H](O)[C@H]2O[C@@H]2O[C@H](CO)[C@@H](O)[C@H](O)[C@H]2O)c(-c2ccc(O)c(O)c2)oc2cc(O)cc(O)c12. The lowest BCUT2D eigenvalue weighted by molar-refractivity contribution is -0.348. The number of hydrogen-bond donors (Lipinski definition) is 10. The fourth-order valence-electron chi connectivity index (χ4n) is 4.69. The molecule has 42 heavy (non-hydrogen) atoms. The Labute approximate surface area is 235 Å². The van der Waals surface area contributed by atoms with Crippen molar-refractivity contribution in [1.29, 1.82) is 0 Å². The number of rotatable bonds is 6. The summed E-state index contributed by atoms with van der Waals surface area (Å²) in [6.07, 6.45) is -15.5. The number of phenolic OH excluding ortho intramolecular Hbond substituents is 4. The number of fused-ring (bicyclic) bond motifs is 1. The Hall–Kier alpha value is -3.71. The van der Waals surface area contributed by atoms with Crippen molar-refractivity contribution in [1.82, 2.24) is 0 Å². The zero-order valence-electron chi connectivity index (χ0n) is 21.4. The second-order valence-corrected chi connectivity index (χ2v) is 9.81. The highest BCUT2D eigenvalue weighted by Crippen LogP contribution is 2.39. The molecule has 0 unspecified atom stereocenters. The van der Waals surface area contributed by atoms with E-state index in [1.54, 1.807) is 0 Å². The number of aromatic hydroxyl groups is 4. The first-order chi connectivity index (χ1) is 19.9. The van der Waals surface area contributed by atoms with Gasteiger partial charge in [0.15, 0.2) is 29.7 Å². The quantitative estimate of drug-likeness (QED) is 0.137. The lowest BCUT2D eigenvalue weighted by atomic mass is 9.99. The van der Waals surface area contributed by atoms with Gasteiger partial charge in [0.2, 0.25) is 17.5 Å². The molecule has 10 N–H and O–H groups in total. The monoisotopic (exact) mass is 596 g/mol. The second-order valence-electron chi connectivity index (χ2n) is 9.81. The van der Waals surface area contributed by atoms with Gasteiger partial charge >= 0.3 is 0 Å². The summed E-state index contributed by atoms with van der Waals surface area (Å²) in [4.78, 5) is 13.6. The molecule has 2 saturated heterocycles. The molecule has 2 aliphatic heterocycles. The van der Waals surface area contributed by atoms with E-state index >= 15 is 0 Å². The molecule has 228 valence electrons. The van der Waals surface area contributed by atoms with E-state index in [2.05, 4.69) is 0 Å². The van der Waals surface area contributed by atoms with Crippen LogP contribution in [-0.4, -0.2) is 120 Å². The van der Waals surface area contributed by atoms with Crippen LogP contribution in [0.25, 0.3) is 22.3 Å². The van der Waals surface area contributed by atoms with E-state index in [1.807, 2.05) is 0 Å². The molecule has 9 atom stereocenters. The van der Waals surface area contributed by atoms with Crippen LogP contribution < -0.4 is 10.2 Å². The van der Waals surface area contributed by atoms with E-state index in [0.29, 0.717) is 0 Å². The first-order valence-corrected chi connectivity index (χ1v) is 12.6. The van der Waals surface area contributed by atoms with E-state index in [1.165, 1.54) is 6.07 Å². The Bertz CT molecular complexity index is 1500. The zero-order valence-corrected chi connectivity index (χ0v) is 21.4. The molecule has 1 aromatic heterocycles. The minimum Gasteiger partial charge on any atom is -0.508 e. The number of aliphatic hydroxyl groups is 6. The maximum Gasteiger partial charge on any atom is 0.239 e.